The van der Waals surface area contributed by atoms with Gasteiger partial charge in [0.1, 0.15) is 22.5 Å². The fraction of sp³-hybridized carbons (Fsp3) is 0.225. The van der Waals surface area contributed by atoms with Crippen LogP contribution in [-0.2, 0) is 24.7 Å². The number of carbonyl (C=O) groups is 3. The number of ketones is 1. The lowest BCUT2D eigenvalue weighted by molar-refractivity contribution is -0.171. The molecule has 1 aliphatic heterocycles. The van der Waals surface area contributed by atoms with Crippen molar-refractivity contribution >= 4 is 35.2 Å². The van der Waals surface area contributed by atoms with Crippen LogP contribution >= 0.6 is 11.8 Å². The highest BCUT2D eigenvalue weighted by molar-refractivity contribution is 8.00. The van der Waals surface area contributed by atoms with Gasteiger partial charge in [-0.2, -0.15) is 4.98 Å². The van der Waals surface area contributed by atoms with Crippen molar-refractivity contribution in [3.05, 3.63) is 160 Å². The average molecular weight is 720 g/mol. The summed E-state index contributed by atoms with van der Waals surface area (Å²) in [5.74, 6) is -1.28. The third kappa shape index (κ3) is 7.00. The molecule has 0 saturated carbocycles. The summed E-state index contributed by atoms with van der Waals surface area (Å²) in [6, 6.07) is 36.5. The van der Waals surface area contributed by atoms with E-state index >= 15 is 0 Å². The van der Waals surface area contributed by atoms with E-state index < -0.39 is 51.3 Å². The Balaban J connectivity index is 1.40. The van der Waals surface area contributed by atoms with Crippen LogP contribution in [0.25, 0.3) is 0 Å². The highest BCUT2D eigenvalue weighted by Crippen LogP contribution is 2.51. The van der Waals surface area contributed by atoms with Gasteiger partial charge in [-0.25, -0.2) is 4.79 Å². The molecule has 1 amide bonds. The van der Waals surface area contributed by atoms with Crippen molar-refractivity contribution in [2.75, 3.05) is 19.0 Å². The largest absolute Gasteiger partial charge is 0.497 e. The smallest absolute Gasteiger partial charge is 0.350 e. The predicted octanol–water partition coefficient (Wildman–Crippen LogP) is 5.38. The number of methoxy groups -OCH3 is 1. The van der Waals surface area contributed by atoms with E-state index in [0.29, 0.717) is 11.3 Å². The van der Waals surface area contributed by atoms with Gasteiger partial charge in [0.2, 0.25) is 0 Å². The zero-order valence-electron chi connectivity index (χ0n) is 28.7. The SMILES string of the molecule is COc1ccc(C(OC[C@H]2S[C@@H](n3ccc(NC(=O)c4ccccc4)nc3=O)[C@@](O)(C(C)=O)[C@@H]2OC(C)=O)(c2ccccc2)c2ccccc2)cc1. The summed E-state index contributed by atoms with van der Waals surface area (Å²) < 4.78 is 19.3. The molecule has 5 aromatic rings. The molecule has 11 nitrogen and oxygen atoms in total. The molecule has 1 saturated heterocycles. The summed E-state index contributed by atoms with van der Waals surface area (Å²) in [4.78, 5) is 56.2. The number of amides is 1. The zero-order chi connectivity index (χ0) is 36.9. The molecule has 0 aliphatic carbocycles. The minimum atomic E-state index is -2.35. The van der Waals surface area contributed by atoms with E-state index in [9.17, 15) is 24.3 Å². The molecule has 52 heavy (non-hydrogen) atoms. The van der Waals surface area contributed by atoms with Crippen molar-refractivity contribution in [2.24, 2.45) is 0 Å². The van der Waals surface area contributed by atoms with Crippen molar-refractivity contribution < 1.29 is 33.7 Å². The first-order chi connectivity index (χ1) is 25.1. The molecule has 1 aliphatic rings. The van der Waals surface area contributed by atoms with Gasteiger partial charge in [-0.3, -0.25) is 19.0 Å². The molecule has 266 valence electrons. The van der Waals surface area contributed by atoms with Gasteiger partial charge in [0.15, 0.2) is 17.5 Å². The third-order valence-corrected chi connectivity index (χ3v) is 10.6. The Bertz CT molecular complexity index is 2060. The average Bonchev–Trinajstić information content (AvgIpc) is 3.44. The molecule has 0 unspecified atom stereocenters. The summed E-state index contributed by atoms with van der Waals surface area (Å²) in [5.41, 5.74) is -1.67. The maximum Gasteiger partial charge on any atom is 0.350 e. The first-order valence-corrected chi connectivity index (χ1v) is 17.4. The molecular weight excluding hydrogens is 683 g/mol. The van der Waals surface area contributed by atoms with Gasteiger partial charge in [0, 0.05) is 18.7 Å². The molecule has 0 spiro atoms. The number of hydrogen-bond acceptors (Lipinski definition) is 10. The fourth-order valence-electron chi connectivity index (χ4n) is 6.46. The van der Waals surface area contributed by atoms with Crippen LogP contribution in [0.3, 0.4) is 0 Å². The van der Waals surface area contributed by atoms with E-state index in [0.717, 1.165) is 33.0 Å². The second-order valence-electron chi connectivity index (χ2n) is 12.2. The van der Waals surface area contributed by atoms with Crippen molar-refractivity contribution in [1.29, 1.82) is 0 Å². The van der Waals surface area contributed by atoms with Crippen molar-refractivity contribution in [1.82, 2.24) is 9.55 Å². The van der Waals surface area contributed by atoms with Crippen LogP contribution in [0, 0.1) is 0 Å². The number of carbonyl (C=O) groups excluding carboxylic acids is 3. The number of nitrogens with one attached hydrogen (secondary N) is 1. The summed E-state index contributed by atoms with van der Waals surface area (Å²) in [6.45, 7) is 2.22. The van der Waals surface area contributed by atoms with Crippen LogP contribution < -0.4 is 15.7 Å². The van der Waals surface area contributed by atoms with E-state index in [-0.39, 0.29) is 12.4 Å². The number of anilines is 1. The first kappa shape index (κ1) is 36.2. The molecule has 2 N–H and O–H groups in total. The lowest BCUT2D eigenvalue weighted by Gasteiger charge is -2.37. The summed E-state index contributed by atoms with van der Waals surface area (Å²) in [5, 5.41) is 12.7. The summed E-state index contributed by atoms with van der Waals surface area (Å²) >= 11 is 1.05. The second kappa shape index (κ2) is 15.4. The maximum absolute atomic E-state index is 13.5. The van der Waals surface area contributed by atoms with Gasteiger partial charge in [0.25, 0.3) is 5.91 Å². The molecule has 4 aromatic carbocycles. The van der Waals surface area contributed by atoms with Crippen LogP contribution in [0.4, 0.5) is 5.82 Å². The number of rotatable bonds is 12. The predicted molar refractivity (Wildman–Crippen MR) is 196 cm³/mol. The topological polar surface area (TPSA) is 146 Å². The van der Waals surface area contributed by atoms with Crippen LogP contribution in [0.5, 0.6) is 5.75 Å². The maximum atomic E-state index is 13.5. The fourth-order valence-corrected chi connectivity index (χ4v) is 8.14. The van der Waals surface area contributed by atoms with Gasteiger partial charge in [-0.1, -0.05) is 91.0 Å². The summed E-state index contributed by atoms with van der Waals surface area (Å²) in [7, 11) is 1.58. The highest BCUT2D eigenvalue weighted by Gasteiger charge is 2.62. The molecule has 1 fully saturated rings. The molecule has 6 rings (SSSR count). The first-order valence-electron chi connectivity index (χ1n) is 16.5. The number of ether oxygens (including phenoxy) is 3. The molecule has 4 atom stereocenters. The third-order valence-electron chi connectivity index (χ3n) is 8.99. The lowest BCUT2D eigenvalue weighted by Crippen LogP contribution is -2.55. The van der Waals surface area contributed by atoms with Gasteiger partial charge < -0.3 is 24.6 Å². The number of thioether (sulfide) groups is 1. The number of aliphatic hydroxyl groups is 1. The Hall–Kier alpha value is -5.56. The van der Waals surface area contributed by atoms with Crippen molar-refractivity contribution in [2.45, 2.75) is 41.8 Å². The van der Waals surface area contributed by atoms with E-state index in [1.54, 1.807) is 37.4 Å². The van der Waals surface area contributed by atoms with Gasteiger partial charge in [-0.05, 0) is 53.9 Å². The monoisotopic (exact) mass is 719 g/mol. The van der Waals surface area contributed by atoms with E-state index in [4.69, 9.17) is 14.2 Å². The van der Waals surface area contributed by atoms with Crippen LogP contribution in [0.15, 0.2) is 132 Å². The van der Waals surface area contributed by atoms with Crippen molar-refractivity contribution in [3.63, 3.8) is 0 Å². The minimum Gasteiger partial charge on any atom is -0.497 e. The van der Waals surface area contributed by atoms with Crippen molar-refractivity contribution in [3.8, 4) is 5.75 Å². The zero-order valence-corrected chi connectivity index (χ0v) is 29.5. The minimum absolute atomic E-state index is 0.0177. The Labute approximate surface area is 304 Å². The Kier molecular flexibility index (Phi) is 10.7. The van der Waals surface area contributed by atoms with Crippen LogP contribution in [0.2, 0.25) is 0 Å². The number of nitrogens with zero attached hydrogens (tertiary/aromatic N) is 2. The number of Topliss-reactive ketones (excluding diaryl/α,β-unsaturated/α-hetero) is 1. The Morgan fingerprint density at radius 3 is 1.92 bits per heavy atom. The summed E-state index contributed by atoms with van der Waals surface area (Å²) in [6.07, 6.45) is -0.0764. The molecule has 1 aromatic heterocycles. The molecule has 0 bridgehead atoms. The molecular formula is C40H37N3O8S. The second-order valence-corrected chi connectivity index (χ2v) is 13.5. The van der Waals surface area contributed by atoms with Gasteiger partial charge in [0.05, 0.1) is 19.0 Å². The Morgan fingerprint density at radius 1 is 0.846 bits per heavy atom. The van der Waals surface area contributed by atoms with Crippen LogP contribution in [-0.4, -0.2) is 63.0 Å². The Morgan fingerprint density at radius 2 is 1.40 bits per heavy atom. The quantitative estimate of drug-likeness (QED) is 0.127. The van der Waals surface area contributed by atoms with Crippen LogP contribution in [0.1, 0.15) is 46.3 Å². The molecule has 0 radical (unpaired) electrons. The van der Waals surface area contributed by atoms with Gasteiger partial charge in [-0.15, -0.1) is 11.8 Å². The number of aromatic nitrogens is 2. The number of esters is 1. The number of benzene rings is 4. The normalized spacial score (nSPS) is 19.8. The van der Waals surface area contributed by atoms with E-state index in [1.807, 2.05) is 84.9 Å². The highest BCUT2D eigenvalue weighted by atomic mass is 32.2. The standard InChI is InChI=1S/C40H37N3O8S/c1-26(44)39(48)35(51-27(2)45)33(52-37(39)43-24-23-34(42-38(43)47)41-36(46)28-13-7-4-8-14-28)25-50-40(29-15-9-5-10-16-29,30-17-11-6-12-18-30)31-19-21-32(49-3)22-20-31/h4-24,33,35,37,48H,25H2,1-3H3,(H,41,42,46,47)/t33-,35-,37-,39-/m1/s1. The van der Waals surface area contributed by atoms with E-state index in [1.165, 1.54) is 26.1 Å². The molecule has 12 heteroatoms. The van der Waals surface area contributed by atoms with Gasteiger partial charge >= 0.3 is 11.7 Å². The van der Waals surface area contributed by atoms with E-state index in [2.05, 4.69) is 10.3 Å². The molecule has 2 heterocycles. The lowest BCUT2D eigenvalue weighted by atomic mass is 9.80. The number of hydrogen-bond donors (Lipinski definition) is 2.